The molecule has 0 saturated carbocycles. The van der Waals surface area contributed by atoms with Gasteiger partial charge in [-0.15, -0.1) is 11.3 Å². The first-order chi connectivity index (χ1) is 11.7. The van der Waals surface area contributed by atoms with Crippen LogP contribution in [0.15, 0.2) is 30.3 Å². The van der Waals surface area contributed by atoms with Crippen molar-refractivity contribution < 1.29 is 18.9 Å². The molecule has 0 spiro atoms. The Kier molecular flexibility index (Phi) is 4.76. The van der Waals surface area contributed by atoms with Crippen LogP contribution in [0.1, 0.15) is 6.92 Å². The summed E-state index contributed by atoms with van der Waals surface area (Å²) in [6, 6.07) is 9.73. The Morgan fingerprint density at radius 2 is 1.67 bits per heavy atom. The number of benzene rings is 2. The SMILES string of the molecule is CCOc1ccc2nc(-c3cc(OC)c(OC)c(OC)c3)sc2c1. The summed E-state index contributed by atoms with van der Waals surface area (Å²) in [5.74, 6) is 2.65. The Morgan fingerprint density at radius 1 is 0.958 bits per heavy atom. The summed E-state index contributed by atoms with van der Waals surface area (Å²) in [5.41, 5.74) is 1.86. The third kappa shape index (κ3) is 2.97. The van der Waals surface area contributed by atoms with E-state index in [0.717, 1.165) is 26.5 Å². The minimum atomic E-state index is 0.573. The number of hydrogen-bond acceptors (Lipinski definition) is 6. The molecule has 0 atom stereocenters. The maximum Gasteiger partial charge on any atom is 0.203 e. The molecule has 0 unspecified atom stereocenters. The lowest BCUT2D eigenvalue weighted by atomic mass is 10.2. The molecule has 0 aliphatic rings. The highest BCUT2D eigenvalue weighted by atomic mass is 32.1. The van der Waals surface area contributed by atoms with Gasteiger partial charge in [0.05, 0.1) is 38.2 Å². The van der Waals surface area contributed by atoms with E-state index in [0.29, 0.717) is 23.9 Å². The Labute approximate surface area is 144 Å². The zero-order valence-electron chi connectivity index (χ0n) is 14.1. The number of nitrogens with zero attached hydrogens (tertiary/aromatic N) is 1. The van der Waals surface area contributed by atoms with Crippen molar-refractivity contribution in [1.29, 1.82) is 0 Å². The molecular weight excluding hydrogens is 326 g/mol. The molecule has 0 radical (unpaired) electrons. The van der Waals surface area contributed by atoms with Crippen LogP contribution in [0.4, 0.5) is 0 Å². The summed E-state index contributed by atoms with van der Waals surface area (Å²) in [6.07, 6.45) is 0. The maximum atomic E-state index is 5.55. The number of hydrogen-bond donors (Lipinski definition) is 0. The van der Waals surface area contributed by atoms with Crippen LogP contribution < -0.4 is 18.9 Å². The molecule has 1 aromatic heterocycles. The van der Waals surface area contributed by atoms with Gasteiger partial charge in [0.15, 0.2) is 11.5 Å². The molecule has 0 bridgehead atoms. The van der Waals surface area contributed by atoms with Gasteiger partial charge < -0.3 is 18.9 Å². The smallest absolute Gasteiger partial charge is 0.203 e. The fourth-order valence-corrected chi connectivity index (χ4v) is 3.47. The molecular formula is C18H19NO4S. The largest absolute Gasteiger partial charge is 0.494 e. The van der Waals surface area contributed by atoms with Gasteiger partial charge in [0.2, 0.25) is 5.75 Å². The van der Waals surface area contributed by atoms with Gasteiger partial charge in [-0.3, -0.25) is 0 Å². The van der Waals surface area contributed by atoms with E-state index in [1.165, 1.54) is 0 Å². The van der Waals surface area contributed by atoms with Crippen LogP contribution >= 0.6 is 11.3 Å². The zero-order chi connectivity index (χ0) is 17.1. The first-order valence-corrected chi connectivity index (χ1v) is 8.35. The standard InChI is InChI=1S/C18H19NO4S/c1-5-23-12-6-7-13-16(10-12)24-18(19-13)11-8-14(20-2)17(22-4)15(9-11)21-3/h6-10H,5H2,1-4H3. The average Bonchev–Trinajstić information content (AvgIpc) is 3.04. The predicted molar refractivity (Wildman–Crippen MR) is 95.9 cm³/mol. The van der Waals surface area contributed by atoms with Gasteiger partial charge in [-0.1, -0.05) is 0 Å². The number of ether oxygens (including phenoxy) is 4. The molecule has 5 nitrogen and oxygen atoms in total. The summed E-state index contributed by atoms with van der Waals surface area (Å²) in [6.45, 7) is 2.61. The first kappa shape index (κ1) is 16.4. The number of fused-ring (bicyclic) bond motifs is 1. The van der Waals surface area contributed by atoms with Crippen molar-refractivity contribution in [3.05, 3.63) is 30.3 Å². The van der Waals surface area contributed by atoms with Gasteiger partial charge in [0, 0.05) is 5.56 Å². The lowest BCUT2D eigenvalue weighted by Gasteiger charge is -2.13. The van der Waals surface area contributed by atoms with Crippen molar-refractivity contribution >= 4 is 21.6 Å². The fourth-order valence-electron chi connectivity index (χ4n) is 2.49. The Balaban J connectivity index is 2.09. The van der Waals surface area contributed by atoms with E-state index in [4.69, 9.17) is 23.9 Å². The molecule has 0 N–H and O–H groups in total. The van der Waals surface area contributed by atoms with Gasteiger partial charge in [-0.25, -0.2) is 4.98 Å². The monoisotopic (exact) mass is 345 g/mol. The molecule has 2 aromatic carbocycles. The molecule has 0 fully saturated rings. The van der Waals surface area contributed by atoms with Crippen molar-refractivity contribution in [2.24, 2.45) is 0 Å². The lowest BCUT2D eigenvalue weighted by Crippen LogP contribution is -1.95. The van der Waals surface area contributed by atoms with E-state index in [9.17, 15) is 0 Å². The van der Waals surface area contributed by atoms with Crippen LogP contribution in [0.3, 0.4) is 0 Å². The average molecular weight is 345 g/mol. The van der Waals surface area contributed by atoms with Crippen LogP contribution in [-0.2, 0) is 0 Å². The van der Waals surface area contributed by atoms with Crippen molar-refractivity contribution in [3.63, 3.8) is 0 Å². The van der Waals surface area contributed by atoms with Gasteiger partial charge in [-0.2, -0.15) is 0 Å². The molecule has 126 valence electrons. The molecule has 24 heavy (non-hydrogen) atoms. The summed E-state index contributed by atoms with van der Waals surface area (Å²) < 4.78 is 22.8. The third-order valence-electron chi connectivity index (χ3n) is 3.58. The van der Waals surface area contributed by atoms with Crippen molar-refractivity contribution in [2.45, 2.75) is 6.92 Å². The van der Waals surface area contributed by atoms with E-state index in [1.807, 2.05) is 37.3 Å². The summed E-state index contributed by atoms with van der Waals surface area (Å²) in [7, 11) is 4.80. The topological polar surface area (TPSA) is 49.8 Å². The van der Waals surface area contributed by atoms with E-state index >= 15 is 0 Å². The predicted octanol–water partition coefficient (Wildman–Crippen LogP) is 4.39. The molecule has 0 saturated heterocycles. The highest BCUT2D eigenvalue weighted by Gasteiger charge is 2.16. The summed E-state index contributed by atoms with van der Waals surface area (Å²) >= 11 is 1.60. The number of methoxy groups -OCH3 is 3. The van der Waals surface area contributed by atoms with Gasteiger partial charge in [0.1, 0.15) is 10.8 Å². The van der Waals surface area contributed by atoms with E-state index in [1.54, 1.807) is 32.7 Å². The summed E-state index contributed by atoms with van der Waals surface area (Å²) in [4.78, 5) is 4.70. The van der Waals surface area contributed by atoms with Crippen molar-refractivity contribution in [2.75, 3.05) is 27.9 Å². The van der Waals surface area contributed by atoms with Crippen LogP contribution in [-0.4, -0.2) is 32.9 Å². The highest BCUT2D eigenvalue weighted by Crippen LogP contribution is 2.42. The van der Waals surface area contributed by atoms with Gasteiger partial charge in [0.25, 0.3) is 0 Å². The minimum Gasteiger partial charge on any atom is -0.494 e. The normalized spacial score (nSPS) is 10.7. The minimum absolute atomic E-state index is 0.573. The van der Waals surface area contributed by atoms with Crippen molar-refractivity contribution in [3.8, 4) is 33.6 Å². The van der Waals surface area contributed by atoms with Gasteiger partial charge >= 0.3 is 0 Å². The second-order valence-electron chi connectivity index (χ2n) is 5.00. The molecule has 3 rings (SSSR count). The van der Waals surface area contributed by atoms with Crippen LogP contribution in [0.25, 0.3) is 20.8 Å². The van der Waals surface area contributed by atoms with E-state index < -0.39 is 0 Å². The fraction of sp³-hybridized carbons (Fsp3) is 0.278. The molecule has 0 amide bonds. The molecule has 0 aliphatic carbocycles. The first-order valence-electron chi connectivity index (χ1n) is 7.54. The molecule has 1 heterocycles. The summed E-state index contributed by atoms with van der Waals surface area (Å²) in [5, 5.41) is 0.887. The second-order valence-corrected chi connectivity index (χ2v) is 6.03. The van der Waals surface area contributed by atoms with Crippen LogP contribution in [0.2, 0.25) is 0 Å². The maximum absolute atomic E-state index is 5.55. The number of rotatable bonds is 6. The van der Waals surface area contributed by atoms with Crippen LogP contribution in [0.5, 0.6) is 23.0 Å². The third-order valence-corrected chi connectivity index (χ3v) is 4.65. The quantitative estimate of drug-likeness (QED) is 0.663. The number of thiazole rings is 1. The molecule has 3 aromatic rings. The zero-order valence-corrected chi connectivity index (χ0v) is 14.9. The van der Waals surface area contributed by atoms with E-state index in [-0.39, 0.29) is 0 Å². The van der Waals surface area contributed by atoms with Crippen molar-refractivity contribution in [1.82, 2.24) is 4.98 Å². The molecule has 0 aliphatic heterocycles. The van der Waals surface area contributed by atoms with Gasteiger partial charge in [-0.05, 0) is 37.3 Å². The number of aromatic nitrogens is 1. The Morgan fingerprint density at radius 3 is 2.25 bits per heavy atom. The highest BCUT2D eigenvalue weighted by molar-refractivity contribution is 7.21. The van der Waals surface area contributed by atoms with E-state index in [2.05, 4.69) is 0 Å². The molecule has 6 heteroatoms. The lowest BCUT2D eigenvalue weighted by molar-refractivity contribution is 0.324. The second kappa shape index (κ2) is 6.97. The Bertz CT molecular complexity index is 834. The van der Waals surface area contributed by atoms with Crippen LogP contribution in [0, 0.1) is 0 Å². The Hall–Kier alpha value is -2.47.